The van der Waals surface area contributed by atoms with Gasteiger partial charge in [-0.1, -0.05) is 12.7 Å². The number of ether oxygens (including phenoxy) is 1. The summed E-state index contributed by atoms with van der Waals surface area (Å²) in [6.45, 7) is 7.50. The molecule has 0 aliphatic rings. The van der Waals surface area contributed by atoms with Gasteiger partial charge in [0.05, 0.1) is 0 Å². The molecule has 0 bridgehead atoms. The number of hydrogen-bond acceptors (Lipinski definition) is 2. The highest BCUT2D eigenvalue weighted by atomic mass is 16.5. The molecule has 0 N–H and O–H groups in total. The number of benzene rings is 1. The summed E-state index contributed by atoms with van der Waals surface area (Å²) in [5.41, 5.74) is 2.95. The molecule has 0 spiro atoms. The summed E-state index contributed by atoms with van der Waals surface area (Å²) in [4.78, 5) is 0. The van der Waals surface area contributed by atoms with Crippen molar-refractivity contribution >= 4 is 6.08 Å². The van der Waals surface area contributed by atoms with E-state index in [-0.39, 0.29) is 0 Å². The van der Waals surface area contributed by atoms with Crippen LogP contribution in [0, 0.1) is 25.4 Å². The predicted octanol–water partition coefficient (Wildman–Crippen LogP) is 2.81. The van der Waals surface area contributed by atoms with Crippen molar-refractivity contribution in [3.05, 3.63) is 35.4 Å². The van der Waals surface area contributed by atoms with Crippen LogP contribution >= 0.6 is 0 Å². The van der Waals surface area contributed by atoms with Crippen LogP contribution in [0.3, 0.4) is 0 Å². The van der Waals surface area contributed by atoms with E-state index in [4.69, 9.17) is 10.00 Å². The van der Waals surface area contributed by atoms with Gasteiger partial charge < -0.3 is 4.74 Å². The van der Waals surface area contributed by atoms with Crippen molar-refractivity contribution in [3.8, 4) is 12.0 Å². The van der Waals surface area contributed by atoms with E-state index in [0.717, 1.165) is 16.7 Å². The lowest BCUT2D eigenvalue weighted by Gasteiger charge is -2.06. The summed E-state index contributed by atoms with van der Waals surface area (Å²) >= 11 is 0. The Hall–Kier alpha value is -1.75. The van der Waals surface area contributed by atoms with Crippen LogP contribution in [0.5, 0.6) is 5.75 Å². The molecular weight excluding hydrogens is 162 g/mol. The van der Waals surface area contributed by atoms with Gasteiger partial charge >= 0.3 is 0 Å². The van der Waals surface area contributed by atoms with Crippen LogP contribution in [0.2, 0.25) is 0 Å². The Morgan fingerprint density at radius 1 is 1.38 bits per heavy atom. The zero-order valence-electron chi connectivity index (χ0n) is 7.79. The second kappa shape index (κ2) is 3.77. The predicted molar refractivity (Wildman–Crippen MR) is 52.2 cm³/mol. The first kappa shape index (κ1) is 9.34. The molecule has 0 aliphatic carbocycles. The van der Waals surface area contributed by atoms with Gasteiger partial charge in [-0.25, -0.2) is 0 Å². The third-order valence-corrected chi connectivity index (χ3v) is 1.87. The summed E-state index contributed by atoms with van der Waals surface area (Å²) in [5.74, 6) is 0.646. The lowest BCUT2D eigenvalue weighted by molar-refractivity contribution is 0.499. The van der Waals surface area contributed by atoms with Crippen LogP contribution in [0.4, 0.5) is 0 Å². The van der Waals surface area contributed by atoms with Crippen molar-refractivity contribution in [2.75, 3.05) is 0 Å². The summed E-state index contributed by atoms with van der Waals surface area (Å²) in [5, 5.41) is 8.40. The van der Waals surface area contributed by atoms with Crippen molar-refractivity contribution in [1.82, 2.24) is 0 Å². The highest BCUT2D eigenvalue weighted by Crippen LogP contribution is 2.24. The van der Waals surface area contributed by atoms with Crippen LogP contribution in [-0.4, -0.2) is 0 Å². The molecule has 0 heterocycles. The average molecular weight is 173 g/mol. The van der Waals surface area contributed by atoms with Gasteiger partial charge in [0.25, 0.3) is 6.26 Å². The fourth-order valence-corrected chi connectivity index (χ4v) is 1.31. The van der Waals surface area contributed by atoms with Gasteiger partial charge in [-0.15, -0.1) is 5.26 Å². The maximum atomic E-state index is 8.40. The van der Waals surface area contributed by atoms with Crippen LogP contribution in [-0.2, 0) is 0 Å². The van der Waals surface area contributed by atoms with E-state index in [9.17, 15) is 0 Å². The van der Waals surface area contributed by atoms with Crippen LogP contribution in [0.15, 0.2) is 18.7 Å². The van der Waals surface area contributed by atoms with E-state index in [1.807, 2.05) is 26.0 Å². The smallest absolute Gasteiger partial charge is 0.292 e. The fraction of sp³-hybridized carbons (Fsp3) is 0.182. The normalized spacial score (nSPS) is 9.00. The second-order valence-corrected chi connectivity index (χ2v) is 2.88. The molecule has 1 aromatic carbocycles. The van der Waals surface area contributed by atoms with Gasteiger partial charge in [0, 0.05) is 0 Å². The molecule has 0 amide bonds. The van der Waals surface area contributed by atoms with Crippen molar-refractivity contribution < 1.29 is 4.74 Å². The van der Waals surface area contributed by atoms with Gasteiger partial charge in [-0.2, -0.15) is 0 Å². The molecule has 0 aromatic heterocycles. The van der Waals surface area contributed by atoms with Crippen LogP contribution in [0.1, 0.15) is 16.7 Å². The molecule has 0 saturated heterocycles. The fourth-order valence-electron chi connectivity index (χ4n) is 1.31. The first-order valence-corrected chi connectivity index (χ1v) is 3.98. The number of aryl methyl sites for hydroxylation is 2. The molecule has 0 radical (unpaired) electrons. The Kier molecular flexibility index (Phi) is 2.71. The van der Waals surface area contributed by atoms with Gasteiger partial charge in [0.1, 0.15) is 5.75 Å². The largest absolute Gasteiger partial charge is 0.387 e. The Balaban J connectivity index is 3.24. The zero-order chi connectivity index (χ0) is 9.84. The standard InChI is InChI=1S/C11H11NO/c1-4-10-5-8(2)11(13-7-12)9(3)6-10/h4-6H,1H2,2-3H3. The topological polar surface area (TPSA) is 33.0 Å². The molecule has 1 aromatic rings. The minimum Gasteiger partial charge on any atom is -0.387 e. The number of nitriles is 1. The number of hydrogen-bond donors (Lipinski definition) is 0. The summed E-state index contributed by atoms with van der Waals surface area (Å²) in [7, 11) is 0. The van der Waals surface area contributed by atoms with Crippen molar-refractivity contribution in [2.24, 2.45) is 0 Å². The molecule has 1 rings (SSSR count). The summed E-state index contributed by atoms with van der Waals surface area (Å²) in [6.07, 6.45) is 3.45. The van der Waals surface area contributed by atoms with E-state index in [1.54, 1.807) is 12.3 Å². The number of rotatable bonds is 2. The van der Waals surface area contributed by atoms with E-state index in [0.29, 0.717) is 5.75 Å². The minimum atomic E-state index is 0.646. The quantitative estimate of drug-likeness (QED) is 0.644. The van der Waals surface area contributed by atoms with E-state index in [2.05, 4.69) is 6.58 Å². The van der Waals surface area contributed by atoms with Crippen molar-refractivity contribution in [1.29, 1.82) is 5.26 Å². The third-order valence-electron chi connectivity index (χ3n) is 1.87. The molecule has 66 valence electrons. The maximum Gasteiger partial charge on any atom is 0.292 e. The summed E-state index contributed by atoms with van der Waals surface area (Å²) < 4.78 is 4.84. The Bertz CT molecular complexity index is 351. The van der Waals surface area contributed by atoms with E-state index >= 15 is 0 Å². The molecule has 13 heavy (non-hydrogen) atoms. The van der Waals surface area contributed by atoms with Gasteiger partial charge in [0.2, 0.25) is 0 Å². The van der Waals surface area contributed by atoms with Crippen molar-refractivity contribution in [2.45, 2.75) is 13.8 Å². The molecule has 0 fully saturated rings. The van der Waals surface area contributed by atoms with E-state index in [1.165, 1.54) is 0 Å². The zero-order valence-corrected chi connectivity index (χ0v) is 7.79. The van der Waals surface area contributed by atoms with Gasteiger partial charge in [-0.3, -0.25) is 0 Å². The molecule has 0 aliphatic heterocycles. The number of nitrogens with zero attached hydrogens (tertiary/aromatic N) is 1. The van der Waals surface area contributed by atoms with Crippen LogP contribution < -0.4 is 4.74 Å². The SMILES string of the molecule is C=Cc1cc(C)c(OC#N)c(C)c1. The van der Waals surface area contributed by atoms with Gasteiger partial charge in [0.15, 0.2) is 0 Å². The minimum absolute atomic E-state index is 0.646. The molecule has 0 saturated carbocycles. The van der Waals surface area contributed by atoms with Crippen LogP contribution in [0.25, 0.3) is 6.08 Å². The third kappa shape index (κ3) is 1.88. The maximum absolute atomic E-state index is 8.40. The Morgan fingerprint density at radius 3 is 2.31 bits per heavy atom. The Morgan fingerprint density at radius 2 is 1.92 bits per heavy atom. The molecule has 0 atom stereocenters. The highest BCUT2D eigenvalue weighted by molar-refractivity contribution is 5.54. The molecule has 0 unspecified atom stereocenters. The first-order valence-electron chi connectivity index (χ1n) is 3.98. The van der Waals surface area contributed by atoms with E-state index < -0.39 is 0 Å². The molecule has 2 nitrogen and oxygen atoms in total. The van der Waals surface area contributed by atoms with Gasteiger partial charge in [-0.05, 0) is 42.7 Å². The van der Waals surface area contributed by atoms with Crippen molar-refractivity contribution in [3.63, 3.8) is 0 Å². The summed E-state index contributed by atoms with van der Waals surface area (Å²) in [6, 6.07) is 3.87. The molecular formula is C11H11NO. The average Bonchev–Trinajstić information content (AvgIpc) is 2.11. The molecule has 2 heteroatoms. The highest BCUT2D eigenvalue weighted by Gasteiger charge is 2.04. The lowest BCUT2D eigenvalue weighted by atomic mass is 10.1. The monoisotopic (exact) mass is 173 g/mol. The Labute approximate surface area is 78.1 Å². The lowest BCUT2D eigenvalue weighted by Crippen LogP contribution is -1.91. The first-order chi connectivity index (χ1) is 6.19. The second-order valence-electron chi connectivity index (χ2n) is 2.88.